The third-order valence-corrected chi connectivity index (χ3v) is 4.64. The zero-order chi connectivity index (χ0) is 20.8. The van der Waals surface area contributed by atoms with Crippen molar-refractivity contribution in [2.45, 2.75) is 6.92 Å². The molecule has 0 aliphatic carbocycles. The van der Waals surface area contributed by atoms with E-state index in [2.05, 4.69) is 5.32 Å². The molecule has 1 saturated heterocycles. The Hall–Kier alpha value is -3.55. The molecule has 0 bridgehead atoms. The molecule has 2 N–H and O–H groups in total. The third-order valence-electron chi connectivity index (χ3n) is 4.64. The van der Waals surface area contributed by atoms with Gasteiger partial charge < -0.3 is 25.0 Å². The molecule has 1 fully saturated rings. The fourth-order valence-corrected chi connectivity index (χ4v) is 2.99. The van der Waals surface area contributed by atoms with Gasteiger partial charge in [-0.15, -0.1) is 0 Å². The zero-order valence-electron chi connectivity index (χ0n) is 16.1. The van der Waals surface area contributed by atoms with Gasteiger partial charge in [0.25, 0.3) is 5.91 Å². The fourth-order valence-electron chi connectivity index (χ4n) is 2.99. The van der Waals surface area contributed by atoms with Crippen LogP contribution in [0.25, 0.3) is 0 Å². The lowest BCUT2D eigenvalue weighted by molar-refractivity contribution is -0.135. The Morgan fingerprint density at radius 3 is 2.31 bits per heavy atom. The predicted octanol–water partition coefficient (Wildman–Crippen LogP) is 2.23. The number of para-hydroxylation sites is 1. The minimum absolute atomic E-state index is 0.0193. The number of urea groups is 1. The maximum absolute atomic E-state index is 12.3. The fraction of sp³-hybridized carbons (Fsp3) is 0.286. The van der Waals surface area contributed by atoms with Gasteiger partial charge in [-0.3, -0.25) is 4.79 Å². The number of nitrogens with zero attached hydrogens (tertiary/aromatic N) is 2. The maximum Gasteiger partial charge on any atom is 0.342 e. The number of hydrogen-bond acceptors (Lipinski definition) is 5. The monoisotopic (exact) mass is 397 g/mol. The number of aryl methyl sites for hydroxylation is 1. The van der Waals surface area contributed by atoms with Crippen molar-refractivity contribution in [1.82, 2.24) is 9.80 Å². The summed E-state index contributed by atoms with van der Waals surface area (Å²) in [5.41, 5.74) is 1.54. The topological polar surface area (TPSA) is 99.2 Å². The second-order valence-corrected chi connectivity index (χ2v) is 6.76. The molecular formula is C21H23N3O5. The normalized spacial score (nSPS) is 13.7. The molecule has 29 heavy (non-hydrogen) atoms. The van der Waals surface area contributed by atoms with Crippen LogP contribution in [0.3, 0.4) is 0 Å². The number of rotatable bonds is 4. The lowest BCUT2D eigenvalue weighted by Crippen LogP contribution is -2.52. The van der Waals surface area contributed by atoms with E-state index in [4.69, 9.17) is 4.74 Å². The Kier molecular flexibility index (Phi) is 6.33. The molecule has 3 rings (SSSR count). The second-order valence-electron chi connectivity index (χ2n) is 6.76. The van der Waals surface area contributed by atoms with Crippen molar-refractivity contribution < 1.29 is 24.2 Å². The summed E-state index contributed by atoms with van der Waals surface area (Å²) in [5, 5.41) is 12.6. The minimum atomic E-state index is -0.753. The van der Waals surface area contributed by atoms with Crippen LogP contribution >= 0.6 is 0 Å². The lowest BCUT2D eigenvalue weighted by atomic mass is 10.1. The standard InChI is InChI=1S/C21H23N3O5/c1-15-7-8-17(18(25)13-15)20(27)29-14-19(26)23-9-11-24(12-10-23)21(28)22-16-5-3-2-4-6-16/h2-8,13,25H,9-12,14H2,1H3,(H,22,28). The van der Waals surface area contributed by atoms with Crippen LogP contribution in [0.5, 0.6) is 5.75 Å². The summed E-state index contributed by atoms with van der Waals surface area (Å²) in [6, 6.07) is 13.5. The Bertz CT molecular complexity index is 892. The van der Waals surface area contributed by atoms with Crippen LogP contribution < -0.4 is 5.32 Å². The van der Waals surface area contributed by atoms with Crippen molar-refractivity contribution >= 4 is 23.6 Å². The molecule has 0 unspecified atom stereocenters. The number of carbonyl (C=O) groups excluding carboxylic acids is 3. The van der Waals surface area contributed by atoms with Gasteiger partial charge in [0.1, 0.15) is 11.3 Å². The van der Waals surface area contributed by atoms with Crippen molar-refractivity contribution in [2.75, 3.05) is 38.1 Å². The van der Waals surface area contributed by atoms with Crippen LogP contribution in [0.1, 0.15) is 15.9 Å². The maximum atomic E-state index is 12.3. The number of amides is 3. The molecular weight excluding hydrogens is 374 g/mol. The molecule has 1 aliphatic rings. The van der Waals surface area contributed by atoms with E-state index in [0.29, 0.717) is 31.9 Å². The summed E-state index contributed by atoms with van der Waals surface area (Å²) in [6.07, 6.45) is 0. The largest absolute Gasteiger partial charge is 0.507 e. The van der Waals surface area contributed by atoms with Gasteiger partial charge >= 0.3 is 12.0 Å². The van der Waals surface area contributed by atoms with Gasteiger partial charge in [0, 0.05) is 31.9 Å². The molecule has 1 heterocycles. The zero-order valence-corrected chi connectivity index (χ0v) is 16.1. The molecule has 0 atom stereocenters. The molecule has 2 aromatic rings. The molecule has 0 spiro atoms. The minimum Gasteiger partial charge on any atom is -0.507 e. The highest BCUT2D eigenvalue weighted by atomic mass is 16.5. The van der Waals surface area contributed by atoms with E-state index in [-0.39, 0.29) is 23.3 Å². The predicted molar refractivity (Wildman–Crippen MR) is 107 cm³/mol. The van der Waals surface area contributed by atoms with Crippen molar-refractivity contribution in [1.29, 1.82) is 0 Å². The van der Waals surface area contributed by atoms with Gasteiger partial charge in [-0.25, -0.2) is 9.59 Å². The van der Waals surface area contributed by atoms with Gasteiger partial charge in [0.2, 0.25) is 0 Å². The van der Waals surface area contributed by atoms with Crippen molar-refractivity contribution in [3.05, 3.63) is 59.7 Å². The number of piperazine rings is 1. The first kappa shape index (κ1) is 20.2. The summed E-state index contributed by atoms with van der Waals surface area (Å²) in [7, 11) is 0. The second kappa shape index (κ2) is 9.09. The van der Waals surface area contributed by atoms with Gasteiger partial charge in [-0.05, 0) is 36.8 Å². The summed E-state index contributed by atoms with van der Waals surface area (Å²) in [4.78, 5) is 39.8. The Balaban J connectivity index is 1.45. The number of esters is 1. The van der Waals surface area contributed by atoms with Crippen molar-refractivity contribution in [3.8, 4) is 5.75 Å². The first-order valence-electron chi connectivity index (χ1n) is 9.29. The van der Waals surface area contributed by atoms with Crippen LogP contribution in [0.15, 0.2) is 48.5 Å². The lowest BCUT2D eigenvalue weighted by Gasteiger charge is -2.34. The van der Waals surface area contributed by atoms with E-state index < -0.39 is 12.6 Å². The van der Waals surface area contributed by atoms with Gasteiger partial charge in [-0.1, -0.05) is 24.3 Å². The highest BCUT2D eigenvalue weighted by molar-refractivity contribution is 5.94. The first-order chi connectivity index (χ1) is 13.9. The van der Waals surface area contributed by atoms with E-state index in [1.165, 1.54) is 12.1 Å². The summed E-state index contributed by atoms with van der Waals surface area (Å²) < 4.78 is 5.03. The average molecular weight is 397 g/mol. The summed E-state index contributed by atoms with van der Waals surface area (Å²) >= 11 is 0. The Labute approximate surface area is 168 Å². The number of hydrogen-bond donors (Lipinski definition) is 2. The highest BCUT2D eigenvalue weighted by Gasteiger charge is 2.25. The number of phenolic OH excluding ortho intramolecular Hbond substituents is 1. The molecule has 1 aliphatic heterocycles. The smallest absolute Gasteiger partial charge is 0.342 e. The van der Waals surface area contributed by atoms with E-state index in [0.717, 1.165) is 5.56 Å². The van der Waals surface area contributed by atoms with Gasteiger partial charge in [0.05, 0.1) is 0 Å². The number of benzene rings is 2. The van der Waals surface area contributed by atoms with Crippen molar-refractivity contribution in [2.24, 2.45) is 0 Å². The average Bonchev–Trinajstić information content (AvgIpc) is 2.72. The third kappa shape index (κ3) is 5.25. The Morgan fingerprint density at radius 1 is 1.00 bits per heavy atom. The molecule has 2 aromatic carbocycles. The van der Waals surface area contributed by atoms with Crippen LogP contribution in [-0.4, -0.2) is 65.6 Å². The molecule has 0 saturated carbocycles. The van der Waals surface area contributed by atoms with E-state index in [1.54, 1.807) is 34.9 Å². The number of aromatic hydroxyl groups is 1. The van der Waals surface area contributed by atoms with Gasteiger partial charge in [0.15, 0.2) is 6.61 Å². The Morgan fingerprint density at radius 2 is 1.66 bits per heavy atom. The summed E-state index contributed by atoms with van der Waals surface area (Å²) in [6.45, 7) is 2.86. The number of carbonyl (C=O) groups is 3. The SMILES string of the molecule is Cc1ccc(C(=O)OCC(=O)N2CCN(C(=O)Nc3ccccc3)CC2)c(O)c1. The van der Waals surface area contributed by atoms with E-state index >= 15 is 0 Å². The molecule has 0 radical (unpaired) electrons. The van der Waals surface area contributed by atoms with Crippen LogP contribution in [-0.2, 0) is 9.53 Å². The molecule has 3 amide bonds. The number of anilines is 1. The quantitative estimate of drug-likeness (QED) is 0.771. The molecule has 0 aromatic heterocycles. The number of ether oxygens (including phenoxy) is 1. The molecule has 152 valence electrons. The highest BCUT2D eigenvalue weighted by Crippen LogP contribution is 2.19. The van der Waals surface area contributed by atoms with E-state index in [9.17, 15) is 19.5 Å². The summed E-state index contributed by atoms with van der Waals surface area (Å²) in [5.74, 6) is -1.27. The van der Waals surface area contributed by atoms with Crippen LogP contribution in [0, 0.1) is 6.92 Å². The van der Waals surface area contributed by atoms with Gasteiger partial charge in [-0.2, -0.15) is 0 Å². The van der Waals surface area contributed by atoms with Crippen molar-refractivity contribution in [3.63, 3.8) is 0 Å². The number of phenols is 1. The van der Waals surface area contributed by atoms with E-state index in [1.807, 2.05) is 18.2 Å². The molecule has 8 heteroatoms. The molecule has 8 nitrogen and oxygen atoms in total. The van der Waals surface area contributed by atoms with Crippen LogP contribution in [0.2, 0.25) is 0 Å². The first-order valence-corrected chi connectivity index (χ1v) is 9.29. The van der Waals surface area contributed by atoms with Crippen LogP contribution in [0.4, 0.5) is 10.5 Å². The number of nitrogens with one attached hydrogen (secondary N) is 1.